The number of aromatic nitrogens is 2. The number of hydrogen-bond donors (Lipinski definition) is 0. The van der Waals surface area contributed by atoms with Gasteiger partial charge in [0.25, 0.3) is 11.5 Å². The lowest BCUT2D eigenvalue weighted by Crippen LogP contribution is -2.36. The number of ether oxygens (including phenoxy) is 1. The Kier molecular flexibility index (Phi) is 7.41. The number of carbonyl (C=O) groups is 1. The minimum absolute atomic E-state index is 0.0958. The Morgan fingerprint density at radius 2 is 1.86 bits per heavy atom. The number of nitrogens with zero attached hydrogens (tertiary/aromatic N) is 4. The van der Waals surface area contributed by atoms with Gasteiger partial charge in [-0.1, -0.05) is 25.5 Å². The van der Waals surface area contributed by atoms with Crippen molar-refractivity contribution in [1.82, 2.24) is 19.6 Å². The highest BCUT2D eigenvalue weighted by atomic mass is 16.5. The molecule has 1 aliphatic heterocycles. The summed E-state index contributed by atoms with van der Waals surface area (Å²) < 4.78 is 6.62. The summed E-state index contributed by atoms with van der Waals surface area (Å²) in [7, 11) is 1.67. The summed E-state index contributed by atoms with van der Waals surface area (Å²) in [5.41, 5.74) is 1.43. The first-order valence-corrected chi connectivity index (χ1v) is 10.3. The first-order chi connectivity index (χ1) is 14.1. The molecule has 0 N–H and O–H groups in total. The fourth-order valence-electron chi connectivity index (χ4n) is 3.51. The van der Waals surface area contributed by atoms with Crippen molar-refractivity contribution in [2.24, 2.45) is 0 Å². The lowest BCUT2D eigenvalue weighted by molar-refractivity contribution is 0.0752. The second-order valence-electron chi connectivity index (χ2n) is 7.40. The lowest BCUT2D eigenvalue weighted by Gasteiger charge is -2.22. The number of benzene rings is 1. The molecule has 1 saturated heterocycles. The van der Waals surface area contributed by atoms with E-state index in [0.29, 0.717) is 25.3 Å². The first kappa shape index (κ1) is 21.0. The second kappa shape index (κ2) is 10.2. The molecule has 0 aliphatic carbocycles. The van der Waals surface area contributed by atoms with Gasteiger partial charge in [0.15, 0.2) is 0 Å². The van der Waals surface area contributed by atoms with E-state index < -0.39 is 0 Å². The van der Waals surface area contributed by atoms with Crippen LogP contribution in [0.5, 0.6) is 5.75 Å². The molecule has 29 heavy (non-hydrogen) atoms. The predicted octanol–water partition coefficient (Wildman–Crippen LogP) is 2.40. The van der Waals surface area contributed by atoms with E-state index in [0.717, 1.165) is 44.6 Å². The van der Waals surface area contributed by atoms with E-state index in [1.165, 1.54) is 16.3 Å². The summed E-state index contributed by atoms with van der Waals surface area (Å²) in [6.07, 6.45) is 2.76. The molecule has 0 bridgehead atoms. The minimum atomic E-state index is -0.156. The Morgan fingerprint density at radius 3 is 2.59 bits per heavy atom. The largest absolute Gasteiger partial charge is 0.497 e. The molecular formula is C22H30N4O3. The van der Waals surface area contributed by atoms with E-state index in [4.69, 9.17) is 4.74 Å². The van der Waals surface area contributed by atoms with Gasteiger partial charge in [0.05, 0.1) is 7.11 Å². The van der Waals surface area contributed by atoms with Crippen molar-refractivity contribution >= 4 is 5.91 Å². The third kappa shape index (κ3) is 5.67. The number of unbranched alkanes of at least 4 members (excludes halogenated alkanes) is 1. The molecule has 156 valence electrons. The minimum Gasteiger partial charge on any atom is -0.497 e. The van der Waals surface area contributed by atoms with Gasteiger partial charge in [0.1, 0.15) is 11.4 Å². The number of rotatable bonds is 7. The molecule has 7 heteroatoms. The fraction of sp³-hybridized carbons (Fsp3) is 0.500. The molecule has 1 amide bonds. The summed E-state index contributed by atoms with van der Waals surface area (Å²) in [4.78, 5) is 29.1. The van der Waals surface area contributed by atoms with Crippen LogP contribution in [0.1, 0.15) is 42.2 Å². The van der Waals surface area contributed by atoms with Gasteiger partial charge in [0, 0.05) is 45.3 Å². The molecule has 1 fully saturated rings. The van der Waals surface area contributed by atoms with Gasteiger partial charge in [0.2, 0.25) is 0 Å². The average molecular weight is 399 g/mol. The maximum atomic E-state index is 12.9. The molecule has 2 heterocycles. The highest BCUT2D eigenvalue weighted by Gasteiger charge is 2.22. The van der Waals surface area contributed by atoms with E-state index in [9.17, 15) is 9.59 Å². The molecule has 1 aromatic carbocycles. The number of amides is 1. The summed E-state index contributed by atoms with van der Waals surface area (Å²) in [5, 5.41) is 4.31. The van der Waals surface area contributed by atoms with Crippen LogP contribution in [-0.2, 0) is 13.1 Å². The summed E-state index contributed by atoms with van der Waals surface area (Å²) in [6, 6.07) is 11.1. The molecule has 0 spiro atoms. The van der Waals surface area contributed by atoms with Gasteiger partial charge in [-0.15, -0.1) is 0 Å². The zero-order valence-electron chi connectivity index (χ0n) is 17.3. The molecule has 0 atom stereocenters. The highest BCUT2D eigenvalue weighted by Crippen LogP contribution is 2.15. The Balaban J connectivity index is 1.61. The van der Waals surface area contributed by atoms with E-state index in [2.05, 4.69) is 29.1 Å². The van der Waals surface area contributed by atoms with Crippen molar-refractivity contribution in [1.29, 1.82) is 0 Å². The van der Waals surface area contributed by atoms with Gasteiger partial charge < -0.3 is 9.64 Å². The van der Waals surface area contributed by atoms with Crippen LogP contribution in [0, 0.1) is 0 Å². The van der Waals surface area contributed by atoms with Crippen LogP contribution in [0.4, 0.5) is 0 Å². The number of hydrogen-bond acceptors (Lipinski definition) is 5. The van der Waals surface area contributed by atoms with Crippen LogP contribution in [0.15, 0.2) is 41.2 Å². The molecule has 3 rings (SSSR count). The lowest BCUT2D eigenvalue weighted by atomic mass is 10.2. The SMILES string of the molecule is CCCCn1nc(C(=O)N2CCCN(Cc3ccc(OC)cc3)CC2)ccc1=O. The number of methoxy groups -OCH3 is 1. The second-order valence-corrected chi connectivity index (χ2v) is 7.40. The smallest absolute Gasteiger partial charge is 0.274 e. The maximum Gasteiger partial charge on any atom is 0.274 e. The Labute approximate surface area is 171 Å². The normalized spacial score (nSPS) is 15.2. The summed E-state index contributed by atoms with van der Waals surface area (Å²) in [6.45, 7) is 6.58. The predicted molar refractivity (Wildman–Crippen MR) is 112 cm³/mol. The van der Waals surface area contributed by atoms with Crippen molar-refractivity contribution in [2.75, 3.05) is 33.3 Å². The zero-order valence-corrected chi connectivity index (χ0v) is 17.3. The molecule has 7 nitrogen and oxygen atoms in total. The van der Waals surface area contributed by atoms with Crippen LogP contribution in [0.3, 0.4) is 0 Å². The van der Waals surface area contributed by atoms with Crippen LogP contribution in [0.2, 0.25) is 0 Å². The molecular weight excluding hydrogens is 368 g/mol. The van der Waals surface area contributed by atoms with Gasteiger partial charge in [-0.3, -0.25) is 14.5 Å². The number of aryl methyl sites for hydroxylation is 1. The Bertz CT molecular complexity index is 863. The Hall–Kier alpha value is -2.67. The van der Waals surface area contributed by atoms with Gasteiger partial charge in [-0.25, -0.2) is 4.68 Å². The molecule has 0 radical (unpaired) electrons. The van der Waals surface area contributed by atoms with Crippen molar-refractivity contribution in [3.8, 4) is 5.75 Å². The standard InChI is InChI=1S/C22H30N4O3/c1-3-4-14-26-21(27)11-10-20(23-26)22(28)25-13-5-12-24(15-16-25)17-18-6-8-19(29-2)9-7-18/h6-11H,3-5,12-17H2,1-2H3. The zero-order chi connectivity index (χ0) is 20.6. The summed E-state index contributed by atoms with van der Waals surface area (Å²) >= 11 is 0. The fourth-order valence-corrected chi connectivity index (χ4v) is 3.51. The van der Waals surface area contributed by atoms with E-state index in [1.54, 1.807) is 13.2 Å². The van der Waals surface area contributed by atoms with Gasteiger partial charge in [-0.05, 0) is 36.6 Å². The van der Waals surface area contributed by atoms with E-state index in [-0.39, 0.29) is 11.5 Å². The third-order valence-electron chi connectivity index (χ3n) is 5.25. The first-order valence-electron chi connectivity index (χ1n) is 10.3. The topological polar surface area (TPSA) is 67.7 Å². The monoisotopic (exact) mass is 398 g/mol. The van der Waals surface area contributed by atoms with Crippen LogP contribution < -0.4 is 10.3 Å². The van der Waals surface area contributed by atoms with Crippen molar-refractivity contribution in [3.63, 3.8) is 0 Å². The number of carbonyl (C=O) groups excluding carboxylic acids is 1. The van der Waals surface area contributed by atoms with Crippen LogP contribution in [0.25, 0.3) is 0 Å². The van der Waals surface area contributed by atoms with Gasteiger partial charge in [-0.2, -0.15) is 5.10 Å². The molecule has 0 saturated carbocycles. The quantitative estimate of drug-likeness (QED) is 0.716. The third-order valence-corrected chi connectivity index (χ3v) is 5.25. The molecule has 0 unspecified atom stereocenters. The van der Waals surface area contributed by atoms with Crippen LogP contribution in [-0.4, -0.2) is 58.8 Å². The van der Waals surface area contributed by atoms with Crippen LogP contribution >= 0.6 is 0 Å². The van der Waals surface area contributed by atoms with Crippen molar-refractivity contribution in [3.05, 3.63) is 58.0 Å². The highest BCUT2D eigenvalue weighted by molar-refractivity contribution is 5.92. The van der Waals surface area contributed by atoms with Crippen molar-refractivity contribution < 1.29 is 9.53 Å². The van der Waals surface area contributed by atoms with Crippen molar-refractivity contribution in [2.45, 2.75) is 39.3 Å². The van der Waals surface area contributed by atoms with Gasteiger partial charge >= 0.3 is 0 Å². The average Bonchev–Trinajstić information content (AvgIpc) is 2.99. The van der Waals surface area contributed by atoms with E-state index >= 15 is 0 Å². The molecule has 2 aromatic rings. The Morgan fingerprint density at radius 1 is 1.07 bits per heavy atom. The maximum absolute atomic E-state index is 12.9. The van der Waals surface area contributed by atoms with E-state index in [1.807, 2.05) is 17.0 Å². The summed E-state index contributed by atoms with van der Waals surface area (Å²) in [5.74, 6) is 0.760. The molecule has 1 aliphatic rings. The molecule has 1 aromatic heterocycles.